The van der Waals surface area contributed by atoms with Gasteiger partial charge in [-0.2, -0.15) is 0 Å². The van der Waals surface area contributed by atoms with Crippen molar-refractivity contribution in [1.82, 2.24) is 16.0 Å². The molecule has 0 bridgehead atoms. The number of carbonyl (C=O) groups is 4. The minimum atomic E-state index is -1.68. The number of aliphatic hydroxyl groups excluding tert-OH is 3. The van der Waals surface area contributed by atoms with Gasteiger partial charge in [0, 0.05) is 19.6 Å². The molecular formula is C33H43N3O11. The Morgan fingerprint density at radius 1 is 0.872 bits per heavy atom. The van der Waals surface area contributed by atoms with E-state index in [1.165, 1.54) is 7.11 Å². The molecule has 1 saturated heterocycles. The average molecular weight is 658 g/mol. The standard InChI is InChI=1S/C33H43N3O11/c1-17(2)24(36-33(44)46-16-22-20-12-6-4-10-18(20)19-11-5-7-13-21(19)22)29(40)35-23(31(42)43)14-8-9-15-34-30(41)28-26(38)25(37)27(39)32(45-3)47-28/h4-7,10-13,17,22-28,32,37-39H,8-9,14-16H2,1-3H3,(H,34,41)(H,35,40)(H,36,44)(H,42,43)/t23-,24-,25-,26-,27+,28-,32+/m0/s1. The van der Waals surface area contributed by atoms with Crippen molar-refractivity contribution in [2.24, 2.45) is 5.92 Å². The number of benzene rings is 2. The molecule has 7 N–H and O–H groups in total. The fourth-order valence-electron chi connectivity index (χ4n) is 5.87. The predicted molar refractivity (Wildman–Crippen MR) is 167 cm³/mol. The highest BCUT2D eigenvalue weighted by Gasteiger charge is 2.47. The van der Waals surface area contributed by atoms with Crippen LogP contribution in [0.15, 0.2) is 48.5 Å². The molecule has 256 valence electrons. The van der Waals surface area contributed by atoms with Gasteiger partial charge in [-0.25, -0.2) is 9.59 Å². The molecule has 0 unspecified atom stereocenters. The fourth-order valence-corrected chi connectivity index (χ4v) is 5.87. The summed E-state index contributed by atoms with van der Waals surface area (Å²) in [6.07, 6.45) is -7.82. The number of hydrogen-bond acceptors (Lipinski definition) is 10. The van der Waals surface area contributed by atoms with Crippen molar-refractivity contribution in [3.63, 3.8) is 0 Å². The lowest BCUT2D eigenvalue weighted by atomic mass is 9.98. The Bertz CT molecular complexity index is 1370. The molecule has 14 heteroatoms. The Morgan fingerprint density at radius 3 is 2.06 bits per heavy atom. The van der Waals surface area contributed by atoms with Gasteiger partial charge in [0.05, 0.1) is 0 Å². The van der Waals surface area contributed by atoms with Gasteiger partial charge in [-0.15, -0.1) is 0 Å². The predicted octanol–water partition coefficient (Wildman–Crippen LogP) is 0.860. The van der Waals surface area contributed by atoms with Crippen molar-refractivity contribution in [2.75, 3.05) is 20.3 Å². The van der Waals surface area contributed by atoms with Crippen molar-refractivity contribution in [3.8, 4) is 11.1 Å². The van der Waals surface area contributed by atoms with E-state index in [1.54, 1.807) is 13.8 Å². The minimum Gasteiger partial charge on any atom is -0.480 e. The second-order valence-corrected chi connectivity index (χ2v) is 12.0. The topological polar surface area (TPSA) is 213 Å². The maximum atomic E-state index is 13.1. The Kier molecular flexibility index (Phi) is 12.3. The molecule has 14 nitrogen and oxygen atoms in total. The van der Waals surface area contributed by atoms with E-state index in [0.29, 0.717) is 12.8 Å². The normalized spacial score (nSPS) is 23.3. The SMILES string of the molecule is CO[C@@H]1O[C@H](C(=O)NCCCC[C@H](NC(=O)[C@@H](NC(=O)OCC2c3ccccc3-c3ccccc32)C(C)C)C(=O)O)[C@@H](O)[C@H](O)[C@H]1O. The Morgan fingerprint density at radius 2 is 1.49 bits per heavy atom. The molecule has 7 atom stereocenters. The second-order valence-electron chi connectivity index (χ2n) is 12.0. The third kappa shape index (κ3) is 8.45. The number of alkyl carbamates (subject to hydrolysis) is 1. The number of methoxy groups -OCH3 is 1. The second kappa shape index (κ2) is 16.2. The van der Waals surface area contributed by atoms with Crippen LogP contribution in [0.3, 0.4) is 0 Å². The van der Waals surface area contributed by atoms with Crippen LogP contribution in [0.5, 0.6) is 0 Å². The molecule has 47 heavy (non-hydrogen) atoms. The maximum absolute atomic E-state index is 13.1. The summed E-state index contributed by atoms with van der Waals surface area (Å²) in [5.41, 5.74) is 4.25. The zero-order chi connectivity index (χ0) is 34.2. The number of rotatable bonds is 14. The van der Waals surface area contributed by atoms with Crippen molar-refractivity contribution >= 4 is 23.9 Å². The molecule has 1 fully saturated rings. The highest BCUT2D eigenvalue weighted by Crippen LogP contribution is 2.44. The number of amides is 3. The molecular weight excluding hydrogens is 614 g/mol. The number of aliphatic carboxylic acids is 1. The Labute approximate surface area is 272 Å². The van der Waals surface area contributed by atoms with E-state index in [2.05, 4.69) is 16.0 Å². The van der Waals surface area contributed by atoms with Gasteiger partial charge in [-0.3, -0.25) is 9.59 Å². The van der Waals surface area contributed by atoms with E-state index in [0.717, 1.165) is 22.3 Å². The average Bonchev–Trinajstić information content (AvgIpc) is 3.37. The van der Waals surface area contributed by atoms with Crippen molar-refractivity contribution in [2.45, 2.75) is 81.8 Å². The van der Waals surface area contributed by atoms with E-state index < -0.39 is 66.7 Å². The van der Waals surface area contributed by atoms with E-state index in [1.807, 2.05) is 48.5 Å². The van der Waals surface area contributed by atoms with Gasteiger partial charge in [-0.1, -0.05) is 62.4 Å². The summed E-state index contributed by atoms with van der Waals surface area (Å²) in [6.45, 7) is 3.57. The summed E-state index contributed by atoms with van der Waals surface area (Å²) in [4.78, 5) is 50.4. The van der Waals surface area contributed by atoms with Crippen LogP contribution in [-0.4, -0.2) is 107 Å². The molecule has 3 amide bonds. The van der Waals surface area contributed by atoms with Crippen molar-refractivity contribution in [1.29, 1.82) is 0 Å². The number of ether oxygens (including phenoxy) is 3. The number of carbonyl (C=O) groups excluding carboxylic acids is 3. The van der Waals surface area contributed by atoms with Crippen molar-refractivity contribution in [3.05, 3.63) is 59.7 Å². The summed E-state index contributed by atoms with van der Waals surface area (Å²) in [6, 6.07) is 13.5. The molecule has 1 aliphatic heterocycles. The quantitative estimate of drug-likeness (QED) is 0.142. The van der Waals surface area contributed by atoms with Crippen LogP contribution in [0.1, 0.15) is 50.2 Å². The molecule has 0 aromatic heterocycles. The first kappa shape index (κ1) is 35.8. The molecule has 1 heterocycles. The fraction of sp³-hybridized carbons (Fsp3) is 0.515. The van der Waals surface area contributed by atoms with Gasteiger partial charge < -0.3 is 50.6 Å². The highest BCUT2D eigenvalue weighted by molar-refractivity contribution is 5.89. The molecule has 2 aromatic rings. The van der Waals surface area contributed by atoms with E-state index in [9.17, 15) is 39.6 Å². The van der Waals surface area contributed by atoms with Crippen LogP contribution in [-0.2, 0) is 28.6 Å². The maximum Gasteiger partial charge on any atom is 0.407 e. The zero-order valence-electron chi connectivity index (χ0n) is 26.5. The lowest BCUT2D eigenvalue weighted by Gasteiger charge is -2.38. The first-order valence-electron chi connectivity index (χ1n) is 15.6. The lowest BCUT2D eigenvalue weighted by Crippen LogP contribution is -2.61. The first-order chi connectivity index (χ1) is 22.4. The summed E-state index contributed by atoms with van der Waals surface area (Å²) in [5, 5.41) is 47.3. The number of carboxylic acid groups (broad SMARTS) is 1. The van der Waals surface area contributed by atoms with E-state index in [4.69, 9.17) is 14.2 Å². The van der Waals surface area contributed by atoms with Crippen LogP contribution in [0.4, 0.5) is 4.79 Å². The number of hydrogen-bond donors (Lipinski definition) is 7. The van der Waals surface area contributed by atoms with Gasteiger partial charge in [0.15, 0.2) is 12.4 Å². The monoisotopic (exact) mass is 657 g/mol. The number of aliphatic hydroxyl groups is 3. The Hall–Kier alpha value is -4.08. The van der Waals surface area contributed by atoms with Crippen LogP contribution < -0.4 is 16.0 Å². The first-order valence-corrected chi connectivity index (χ1v) is 15.6. The summed E-state index contributed by atoms with van der Waals surface area (Å²) >= 11 is 0. The van der Waals surface area contributed by atoms with Crippen molar-refractivity contribution < 1.29 is 53.8 Å². The van der Waals surface area contributed by atoms with Crippen LogP contribution >= 0.6 is 0 Å². The smallest absolute Gasteiger partial charge is 0.407 e. The number of fused-ring (bicyclic) bond motifs is 3. The van der Waals surface area contributed by atoms with Gasteiger partial charge >= 0.3 is 12.1 Å². The van der Waals surface area contributed by atoms with E-state index >= 15 is 0 Å². The summed E-state index contributed by atoms with van der Waals surface area (Å²) in [5.74, 6) is -3.22. The summed E-state index contributed by atoms with van der Waals surface area (Å²) in [7, 11) is 1.21. The Balaban J connectivity index is 1.24. The molecule has 1 aliphatic carbocycles. The van der Waals surface area contributed by atoms with E-state index in [-0.39, 0.29) is 31.4 Å². The lowest BCUT2D eigenvalue weighted by molar-refractivity contribution is -0.283. The van der Waals surface area contributed by atoms with Crippen LogP contribution in [0.25, 0.3) is 11.1 Å². The molecule has 0 spiro atoms. The highest BCUT2D eigenvalue weighted by atomic mass is 16.7. The third-order valence-electron chi connectivity index (χ3n) is 8.46. The largest absolute Gasteiger partial charge is 0.480 e. The molecule has 2 aliphatic rings. The summed E-state index contributed by atoms with van der Waals surface area (Å²) < 4.78 is 15.7. The molecule has 4 rings (SSSR count). The van der Waals surface area contributed by atoms with Gasteiger partial charge in [0.1, 0.15) is 37.0 Å². The van der Waals surface area contributed by atoms with Crippen LogP contribution in [0, 0.1) is 5.92 Å². The number of unbranched alkanes of at least 4 members (excludes halogenated alkanes) is 1. The molecule has 2 aromatic carbocycles. The number of nitrogens with one attached hydrogen (secondary N) is 3. The third-order valence-corrected chi connectivity index (χ3v) is 8.46. The minimum absolute atomic E-state index is 0.0336. The van der Waals surface area contributed by atoms with Gasteiger partial charge in [0.25, 0.3) is 5.91 Å². The molecule has 0 radical (unpaired) electrons. The van der Waals surface area contributed by atoms with Gasteiger partial charge in [0.2, 0.25) is 5.91 Å². The number of carboxylic acids is 1. The van der Waals surface area contributed by atoms with Gasteiger partial charge in [-0.05, 0) is 47.4 Å². The zero-order valence-corrected chi connectivity index (χ0v) is 26.5. The van der Waals surface area contributed by atoms with Crippen LogP contribution in [0.2, 0.25) is 0 Å². The molecule has 0 saturated carbocycles.